The first kappa shape index (κ1) is 19.5. The molecule has 0 aliphatic heterocycles. The van der Waals surface area contributed by atoms with E-state index in [1.165, 1.54) is 5.56 Å². The Morgan fingerprint density at radius 3 is 2.41 bits per heavy atom. The van der Waals surface area contributed by atoms with E-state index in [4.69, 9.17) is 5.14 Å². The molecule has 3 rings (SSSR count). The summed E-state index contributed by atoms with van der Waals surface area (Å²) in [7, 11) is -3.71. The van der Waals surface area contributed by atoms with Crippen molar-refractivity contribution in [1.82, 2.24) is 10.3 Å². The maximum atomic E-state index is 11.6. The normalized spacial score (nSPS) is 14.2. The highest BCUT2D eigenvalue weighted by Gasteiger charge is 2.14. The number of primary sulfonamides is 1. The summed E-state index contributed by atoms with van der Waals surface area (Å²) in [4.78, 5) is 4.65. The van der Waals surface area contributed by atoms with E-state index in [0.29, 0.717) is 5.92 Å². The van der Waals surface area contributed by atoms with Crippen LogP contribution >= 0.6 is 0 Å². The van der Waals surface area contributed by atoms with Gasteiger partial charge in [-0.1, -0.05) is 50.2 Å². The molecule has 3 N–H and O–H groups in total. The van der Waals surface area contributed by atoms with Crippen molar-refractivity contribution in [2.24, 2.45) is 5.14 Å². The number of hydrogen-bond donors (Lipinski definition) is 2. The molecule has 27 heavy (non-hydrogen) atoms. The first-order valence-electron chi connectivity index (χ1n) is 9.03. The van der Waals surface area contributed by atoms with Gasteiger partial charge in [0.25, 0.3) is 0 Å². The van der Waals surface area contributed by atoms with Crippen molar-refractivity contribution in [1.29, 1.82) is 0 Å². The van der Waals surface area contributed by atoms with E-state index in [-0.39, 0.29) is 10.8 Å². The molecule has 3 aromatic rings. The summed E-state index contributed by atoms with van der Waals surface area (Å²) in [5.41, 5.74) is 2.27. The minimum absolute atomic E-state index is 0.120. The summed E-state index contributed by atoms with van der Waals surface area (Å²) in [6.07, 6.45) is 1.72. The molecule has 0 radical (unpaired) electrons. The van der Waals surface area contributed by atoms with Crippen molar-refractivity contribution >= 4 is 20.8 Å². The predicted molar refractivity (Wildman–Crippen MR) is 109 cm³/mol. The Bertz CT molecular complexity index is 1020. The minimum Gasteiger partial charge on any atom is -0.315 e. The van der Waals surface area contributed by atoms with Gasteiger partial charge in [-0.05, 0) is 35.1 Å². The third-order valence-electron chi connectivity index (χ3n) is 4.83. The van der Waals surface area contributed by atoms with Gasteiger partial charge in [-0.15, -0.1) is 0 Å². The number of nitrogens with zero attached hydrogens (tertiary/aromatic N) is 1. The monoisotopic (exact) mass is 383 g/mol. The second kappa shape index (κ2) is 8.17. The maximum Gasteiger partial charge on any atom is 0.238 e. The van der Waals surface area contributed by atoms with Gasteiger partial charge in [0.15, 0.2) is 0 Å². The molecule has 0 saturated carbocycles. The van der Waals surface area contributed by atoms with Crippen LogP contribution in [0.4, 0.5) is 0 Å². The average Bonchev–Trinajstić information content (AvgIpc) is 2.66. The molecule has 0 unspecified atom stereocenters. The van der Waals surface area contributed by atoms with Crippen molar-refractivity contribution in [2.45, 2.75) is 30.6 Å². The Hall–Kier alpha value is -2.28. The minimum atomic E-state index is -3.71. The van der Waals surface area contributed by atoms with Gasteiger partial charge in [0.1, 0.15) is 0 Å². The Kier molecular flexibility index (Phi) is 5.89. The molecule has 0 bridgehead atoms. The van der Waals surface area contributed by atoms with Crippen LogP contribution in [0.5, 0.6) is 0 Å². The van der Waals surface area contributed by atoms with Crippen LogP contribution in [0.15, 0.2) is 65.7 Å². The first-order valence-corrected chi connectivity index (χ1v) is 10.6. The van der Waals surface area contributed by atoms with Gasteiger partial charge in [0.05, 0.1) is 10.6 Å². The predicted octanol–water partition coefficient (Wildman–Crippen LogP) is 3.38. The summed E-state index contributed by atoms with van der Waals surface area (Å²) >= 11 is 0. The molecule has 0 fully saturated rings. The van der Waals surface area contributed by atoms with Gasteiger partial charge < -0.3 is 5.32 Å². The van der Waals surface area contributed by atoms with Gasteiger partial charge >= 0.3 is 0 Å². The Morgan fingerprint density at radius 2 is 1.70 bits per heavy atom. The van der Waals surface area contributed by atoms with Crippen LogP contribution < -0.4 is 10.5 Å². The lowest BCUT2D eigenvalue weighted by molar-refractivity contribution is 0.569. The molecule has 5 nitrogen and oxygen atoms in total. The summed E-state index contributed by atoms with van der Waals surface area (Å²) in [6, 6.07) is 17.2. The summed E-state index contributed by atoms with van der Waals surface area (Å²) in [5, 5.41) is 10.5. The van der Waals surface area contributed by atoms with Gasteiger partial charge in [0, 0.05) is 30.6 Å². The number of fused-ring (bicyclic) bond motifs is 1. The number of pyridine rings is 1. The van der Waals surface area contributed by atoms with Gasteiger partial charge in [-0.3, -0.25) is 4.98 Å². The highest BCUT2D eigenvalue weighted by molar-refractivity contribution is 7.89. The van der Waals surface area contributed by atoms with Crippen LogP contribution in [0.25, 0.3) is 10.8 Å². The van der Waals surface area contributed by atoms with Crippen LogP contribution in [0.3, 0.4) is 0 Å². The van der Waals surface area contributed by atoms with Gasteiger partial charge in [-0.2, -0.15) is 0 Å². The number of nitrogens with two attached hydrogens (primary N) is 1. The molecular formula is C21H25N3O2S. The lowest BCUT2D eigenvalue weighted by Gasteiger charge is -2.17. The van der Waals surface area contributed by atoms with E-state index in [2.05, 4.69) is 48.4 Å². The molecule has 1 aromatic heterocycles. The van der Waals surface area contributed by atoms with Crippen LogP contribution in [0.2, 0.25) is 0 Å². The number of benzene rings is 2. The van der Waals surface area contributed by atoms with E-state index in [9.17, 15) is 8.42 Å². The zero-order valence-electron chi connectivity index (χ0n) is 15.6. The first-order chi connectivity index (χ1) is 12.9. The summed E-state index contributed by atoms with van der Waals surface area (Å²) in [6.45, 7) is 6.00. The molecule has 2 aromatic carbocycles. The number of sulfonamides is 1. The van der Waals surface area contributed by atoms with Crippen LogP contribution in [-0.2, 0) is 10.0 Å². The SMILES string of the molecule is C[C@H](CNC[C@H](C)c1ccccc1)c1nccc2cc(S(N)(=O)=O)ccc12. The van der Waals surface area contributed by atoms with E-state index in [0.717, 1.165) is 29.6 Å². The molecule has 0 aliphatic carbocycles. The second-order valence-electron chi connectivity index (χ2n) is 7.00. The van der Waals surface area contributed by atoms with Crippen molar-refractivity contribution in [2.75, 3.05) is 13.1 Å². The van der Waals surface area contributed by atoms with Crippen molar-refractivity contribution in [3.8, 4) is 0 Å². The number of hydrogen-bond acceptors (Lipinski definition) is 4. The fourth-order valence-electron chi connectivity index (χ4n) is 3.26. The quantitative estimate of drug-likeness (QED) is 0.655. The van der Waals surface area contributed by atoms with Crippen LogP contribution in [0.1, 0.15) is 36.9 Å². The molecule has 142 valence electrons. The zero-order valence-corrected chi connectivity index (χ0v) is 16.4. The number of nitrogens with one attached hydrogen (secondary N) is 1. The topological polar surface area (TPSA) is 85.1 Å². The average molecular weight is 384 g/mol. The zero-order chi connectivity index (χ0) is 19.4. The Morgan fingerprint density at radius 1 is 1.00 bits per heavy atom. The fraction of sp³-hybridized carbons (Fsp3) is 0.286. The molecular weight excluding hydrogens is 358 g/mol. The smallest absolute Gasteiger partial charge is 0.238 e. The maximum absolute atomic E-state index is 11.6. The summed E-state index contributed by atoms with van der Waals surface area (Å²) < 4.78 is 23.1. The lowest BCUT2D eigenvalue weighted by Crippen LogP contribution is -2.25. The molecule has 0 amide bonds. The molecule has 6 heteroatoms. The third kappa shape index (κ3) is 4.71. The van der Waals surface area contributed by atoms with Crippen molar-refractivity contribution < 1.29 is 8.42 Å². The largest absolute Gasteiger partial charge is 0.315 e. The van der Waals surface area contributed by atoms with E-state index in [1.54, 1.807) is 24.4 Å². The standard InChI is InChI=1S/C21H25N3O2S/c1-15(17-6-4-3-5-7-17)13-23-14-16(2)21-20-9-8-19(27(22,25)26)12-18(20)10-11-24-21/h3-12,15-16,23H,13-14H2,1-2H3,(H2,22,25,26)/t15-,16+/m0/s1. The van der Waals surface area contributed by atoms with Crippen molar-refractivity contribution in [3.63, 3.8) is 0 Å². The molecule has 1 heterocycles. The third-order valence-corrected chi connectivity index (χ3v) is 5.74. The molecule has 0 saturated heterocycles. The molecule has 0 aliphatic rings. The second-order valence-corrected chi connectivity index (χ2v) is 8.56. The molecule has 2 atom stereocenters. The molecule has 0 spiro atoms. The number of rotatable bonds is 7. The highest BCUT2D eigenvalue weighted by Crippen LogP contribution is 2.25. The Balaban J connectivity index is 1.71. The fourth-order valence-corrected chi connectivity index (χ4v) is 3.81. The Labute approximate surface area is 160 Å². The van der Waals surface area contributed by atoms with E-state index < -0.39 is 10.0 Å². The van der Waals surface area contributed by atoms with Crippen molar-refractivity contribution in [3.05, 3.63) is 72.1 Å². The van der Waals surface area contributed by atoms with Crippen LogP contribution in [-0.4, -0.2) is 26.5 Å². The van der Waals surface area contributed by atoms with E-state index in [1.807, 2.05) is 12.1 Å². The lowest BCUT2D eigenvalue weighted by atomic mass is 9.99. The highest BCUT2D eigenvalue weighted by atomic mass is 32.2. The summed E-state index contributed by atoms with van der Waals surface area (Å²) in [5.74, 6) is 0.619. The van der Waals surface area contributed by atoms with Gasteiger partial charge in [0.2, 0.25) is 10.0 Å². The number of aromatic nitrogens is 1. The van der Waals surface area contributed by atoms with Gasteiger partial charge in [-0.25, -0.2) is 13.6 Å². The van der Waals surface area contributed by atoms with Crippen LogP contribution in [0, 0.1) is 0 Å². The van der Waals surface area contributed by atoms with E-state index >= 15 is 0 Å².